The Morgan fingerprint density at radius 2 is 1.51 bits per heavy atom. The molecule has 0 N–H and O–H groups in total. The molecule has 7 nitrogen and oxygen atoms in total. The number of benzene rings is 3. The molecule has 37 heavy (non-hydrogen) atoms. The molecule has 188 valence electrons. The van der Waals surface area contributed by atoms with Crippen molar-refractivity contribution in [3.8, 4) is 11.5 Å². The summed E-state index contributed by atoms with van der Waals surface area (Å²) in [6, 6.07) is 17.9. The van der Waals surface area contributed by atoms with Gasteiger partial charge in [0.2, 0.25) is 0 Å². The van der Waals surface area contributed by atoms with E-state index in [0.717, 1.165) is 42.5 Å². The van der Waals surface area contributed by atoms with Crippen LogP contribution >= 0.6 is 0 Å². The standard InChI is InChI=1S/C30H28N2O5/c1-18-22-13-11-19(17-31-28(33)23-9-5-6-10-24(23)29(31)34)15-25(22)30(35)32(18)20-12-14-26(36-2)27(16-20)37-21-7-3-4-8-21/h5-6,9-16,18,21H,3-4,7-8,17H2,1-2H3. The average molecular weight is 497 g/mol. The Kier molecular flexibility index (Phi) is 5.71. The third-order valence-electron chi connectivity index (χ3n) is 7.64. The Hall–Kier alpha value is -4.13. The Labute approximate surface area is 215 Å². The Balaban J connectivity index is 1.26. The molecule has 0 aromatic heterocycles. The van der Waals surface area contributed by atoms with Crippen molar-refractivity contribution in [1.82, 2.24) is 4.90 Å². The minimum atomic E-state index is -0.310. The summed E-state index contributed by atoms with van der Waals surface area (Å²) in [6.45, 7) is 2.11. The van der Waals surface area contributed by atoms with E-state index >= 15 is 0 Å². The lowest BCUT2D eigenvalue weighted by Crippen LogP contribution is -2.29. The maximum atomic E-state index is 13.6. The van der Waals surface area contributed by atoms with E-state index in [1.165, 1.54) is 4.90 Å². The molecular weight excluding hydrogens is 468 g/mol. The fourth-order valence-corrected chi connectivity index (χ4v) is 5.70. The fraction of sp³-hybridized carbons (Fsp3) is 0.300. The van der Waals surface area contributed by atoms with Crippen molar-refractivity contribution in [2.75, 3.05) is 12.0 Å². The van der Waals surface area contributed by atoms with Crippen molar-refractivity contribution in [3.63, 3.8) is 0 Å². The smallest absolute Gasteiger partial charge is 0.261 e. The molecule has 6 rings (SSSR count). The second kappa shape index (κ2) is 9.07. The van der Waals surface area contributed by atoms with E-state index in [1.54, 1.807) is 42.3 Å². The Morgan fingerprint density at radius 1 is 0.811 bits per heavy atom. The summed E-state index contributed by atoms with van der Waals surface area (Å²) in [5.41, 5.74) is 3.79. The van der Waals surface area contributed by atoms with Crippen LogP contribution in [-0.4, -0.2) is 35.8 Å². The van der Waals surface area contributed by atoms with Crippen molar-refractivity contribution >= 4 is 23.4 Å². The van der Waals surface area contributed by atoms with Gasteiger partial charge in [0.05, 0.1) is 36.9 Å². The number of amides is 3. The summed E-state index contributed by atoms with van der Waals surface area (Å²) >= 11 is 0. The summed E-state index contributed by atoms with van der Waals surface area (Å²) in [6.07, 6.45) is 4.53. The maximum absolute atomic E-state index is 13.6. The van der Waals surface area contributed by atoms with Crippen molar-refractivity contribution in [2.24, 2.45) is 0 Å². The van der Waals surface area contributed by atoms with Gasteiger partial charge in [0.25, 0.3) is 17.7 Å². The minimum Gasteiger partial charge on any atom is -0.493 e. The first-order chi connectivity index (χ1) is 18.0. The van der Waals surface area contributed by atoms with Crippen LogP contribution in [0, 0.1) is 0 Å². The van der Waals surface area contributed by atoms with Crippen LogP contribution in [-0.2, 0) is 6.54 Å². The Morgan fingerprint density at radius 3 is 2.19 bits per heavy atom. The molecule has 1 saturated carbocycles. The molecule has 1 fully saturated rings. The van der Waals surface area contributed by atoms with E-state index in [9.17, 15) is 14.4 Å². The normalized spacial score (nSPS) is 19.0. The lowest BCUT2D eigenvalue weighted by atomic mass is 10.0. The predicted octanol–water partition coefficient (Wildman–Crippen LogP) is 5.53. The zero-order valence-electron chi connectivity index (χ0n) is 20.9. The topological polar surface area (TPSA) is 76.2 Å². The molecule has 2 aliphatic heterocycles. The third-order valence-corrected chi connectivity index (χ3v) is 7.64. The van der Waals surface area contributed by atoms with Gasteiger partial charge < -0.3 is 14.4 Å². The van der Waals surface area contributed by atoms with Gasteiger partial charge in [-0.05, 0) is 74.1 Å². The molecule has 7 heteroatoms. The van der Waals surface area contributed by atoms with Crippen molar-refractivity contribution in [1.29, 1.82) is 0 Å². The number of imide groups is 1. The van der Waals surface area contributed by atoms with Crippen LogP contribution in [0.4, 0.5) is 5.69 Å². The molecule has 0 radical (unpaired) electrons. The largest absolute Gasteiger partial charge is 0.493 e. The minimum absolute atomic E-state index is 0.114. The van der Waals surface area contributed by atoms with Crippen LogP contribution in [0.1, 0.15) is 80.8 Å². The predicted molar refractivity (Wildman–Crippen MR) is 138 cm³/mol. The summed E-state index contributed by atoms with van der Waals surface area (Å²) in [5.74, 6) is 0.555. The molecule has 3 aromatic carbocycles. The average Bonchev–Trinajstić information content (AvgIpc) is 3.58. The second-order valence-electron chi connectivity index (χ2n) is 9.87. The van der Waals surface area contributed by atoms with E-state index in [4.69, 9.17) is 9.47 Å². The number of fused-ring (bicyclic) bond motifs is 2. The second-order valence-corrected chi connectivity index (χ2v) is 9.87. The van der Waals surface area contributed by atoms with Gasteiger partial charge in [-0.3, -0.25) is 19.3 Å². The SMILES string of the molecule is COc1ccc(N2C(=O)c3cc(CN4C(=O)c5ccccc5C4=O)ccc3C2C)cc1OC1CCCC1. The number of rotatable bonds is 6. The number of hydrogen-bond acceptors (Lipinski definition) is 5. The van der Waals surface area contributed by atoms with Gasteiger partial charge in [-0.1, -0.05) is 24.3 Å². The van der Waals surface area contributed by atoms with Crippen LogP contribution in [0.2, 0.25) is 0 Å². The van der Waals surface area contributed by atoms with Crippen LogP contribution < -0.4 is 14.4 Å². The number of carbonyl (C=O) groups excluding carboxylic acids is 3. The zero-order chi connectivity index (χ0) is 25.7. The molecule has 1 unspecified atom stereocenters. The van der Waals surface area contributed by atoms with Gasteiger partial charge >= 0.3 is 0 Å². The number of nitrogens with zero attached hydrogens (tertiary/aromatic N) is 2. The summed E-state index contributed by atoms with van der Waals surface area (Å²) < 4.78 is 11.8. The molecule has 0 spiro atoms. The first kappa shape index (κ1) is 23.3. The first-order valence-electron chi connectivity index (χ1n) is 12.7. The Bertz CT molecular complexity index is 1390. The summed E-state index contributed by atoms with van der Waals surface area (Å²) in [5, 5.41) is 0. The molecule has 3 aliphatic rings. The highest BCUT2D eigenvalue weighted by Crippen LogP contribution is 2.42. The molecule has 0 bridgehead atoms. The van der Waals surface area contributed by atoms with Crippen LogP contribution in [0.3, 0.4) is 0 Å². The van der Waals surface area contributed by atoms with Gasteiger partial charge in [0.15, 0.2) is 11.5 Å². The molecule has 0 saturated heterocycles. The number of hydrogen-bond donors (Lipinski definition) is 0. The van der Waals surface area contributed by atoms with Crippen LogP contribution in [0.25, 0.3) is 0 Å². The van der Waals surface area contributed by atoms with Gasteiger partial charge in [0.1, 0.15) is 0 Å². The van der Waals surface area contributed by atoms with E-state index < -0.39 is 0 Å². The third kappa shape index (κ3) is 3.86. The molecular formula is C30H28N2O5. The van der Waals surface area contributed by atoms with Crippen molar-refractivity contribution in [3.05, 3.63) is 88.5 Å². The van der Waals surface area contributed by atoms with Crippen LogP contribution in [0.15, 0.2) is 60.7 Å². The lowest BCUT2D eigenvalue weighted by Gasteiger charge is -2.24. The quantitative estimate of drug-likeness (QED) is 0.419. The zero-order valence-corrected chi connectivity index (χ0v) is 20.9. The van der Waals surface area contributed by atoms with E-state index in [1.807, 2.05) is 37.3 Å². The van der Waals surface area contributed by atoms with E-state index in [2.05, 4.69) is 0 Å². The molecule has 3 amide bonds. The van der Waals surface area contributed by atoms with Gasteiger partial charge in [-0.2, -0.15) is 0 Å². The van der Waals surface area contributed by atoms with Crippen LogP contribution in [0.5, 0.6) is 11.5 Å². The lowest BCUT2D eigenvalue weighted by molar-refractivity contribution is 0.0642. The maximum Gasteiger partial charge on any atom is 0.261 e. The molecule has 1 atom stereocenters. The highest BCUT2D eigenvalue weighted by atomic mass is 16.5. The summed E-state index contributed by atoms with van der Waals surface area (Å²) in [4.78, 5) is 42.3. The van der Waals surface area contributed by atoms with Crippen molar-refractivity contribution < 1.29 is 23.9 Å². The highest BCUT2D eigenvalue weighted by molar-refractivity contribution is 6.21. The number of carbonyl (C=O) groups is 3. The number of methoxy groups -OCH3 is 1. The molecule has 1 aliphatic carbocycles. The summed E-state index contributed by atoms with van der Waals surface area (Å²) in [7, 11) is 1.62. The monoisotopic (exact) mass is 496 g/mol. The van der Waals surface area contributed by atoms with Gasteiger partial charge in [-0.25, -0.2) is 0 Å². The van der Waals surface area contributed by atoms with Crippen molar-refractivity contribution in [2.45, 2.75) is 51.3 Å². The molecule has 2 heterocycles. The van der Waals surface area contributed by atoms with Gasteiger partial charge in [0, 0.05) is 17.3 Å². The first-order valence-corrected chi connectivity index (χ1v) is 12.7. The fourth-order valence-electron chi connectivity index (χ4n) is 5.70. The molecule has 3 aromatic rings. The highest BCUT2D eigenvalue weighted by Gasteiger charge is 2.38. The van der Waals surface area contributed by atoms with E-state index in [0.29, 0.717) is 28.2 Å². The number of ether oxygens (including phenoxy) is 2. The number of anilines is 1. The van der Waals surface area contributed by atoms with E-state index in [-0.39, 0.29) is 36.4 Å². The van der Waals surface area contributed by atoms with Gasteiger partial charge in [-0.15, -0.1) is 0 Å².